The molecule has 1 aromatic heterocycles. The van der Waals surface area contributed by atoms with E-state index in [0.717, 1.165) is 25.6 Å². The molecule has 1 aromatic rings. The third-order valence-corrected chi connectivity index (χ3v) is 6.29. The number of amidine groups is 1. The lowest BCUT2D eigenvalue weighted by Crippen LogP contribution is -2.40. The number of thioether (sulfide) groups is 1. The molecule has 1 N–H and O–H groups in total. The highest BCUT2D eigenvalue weighted by Gasteiger charge is 2.32. The van der Waals surface area contributed by atoms with Crippen LogP contribution in [0, 0.1) is 5.92 Å². The molecule has 1 atom stereocenters. The van der Waals surface area contributed by atoms with Crippen LogP contribution in [0.2, 0.25) is 0 Å². The Hall–Kier alpha value is -1.45. The minimum absolute atomic E-state index is 0.00988. The molecule has 2 saturated heterocycles. The minimum atomic E-state index is -0.295. The van der Waals surface area contributed by atoms with E-state index in [2.05, 4.69) is 27.1 Å². The molecule has 0 radical (unpaired) electrons. The Kier molecular flexibility index (Phi) is 6.66. The van der Waals surface area contributed by atoms with Gasteiger partial charge in [0.25, 0.3) is 0 Å². The van der Waals surface area contributed by atoms with Gasteiger partial charge in [-0.1, -0.05) is 18.7 Å². The maximum absolute atomic E-state index is 12.2. The summed E-state index contributed by atoms with van der Waals surface area (Å²) in [6, 6.07) is 0. The number of nitrogens with one attached hydrogen (secondary N) is 1. The van der Waals surface area contributed by atoms with Crippen molar-refractivity contribution < 1.29 is 14.3 Å². The maximum Gasteiger partial charge on any atom is 0.311 e. The lowest BCUT2D eigenvalue weighted by molar-refractivity contribution is -0.142. The van der Waals surface area contributed by atoms with Crippen molar-refractivity contribution in [2.45, 2.75) is 38.4 Å². The molecule has 142 valence electrons. The van der Waals surface area contributed by atoms with Crippen LogP contribution in [0.25, 0.3) is 0 Å². The summed E-state index contributed by atoms with van der Waals surface area (Å²) >= 11 is 2.82. The molecule has 0 aliphatic carbocycles. The van der Waals surface area contributed by atoms with Gasteiger partial charge in [0.05, 0.1) is 18.7 Å². The van der Waals surface area contributed by atoms with Gasteiger partial charge in [0.15, 0.2) is 5.17 Å². The third kappa shape index (κ3) is 5.28. The van der Waals surface area contributed by atoms with E-state index >= 15 is 0 Å². The molecule has 1 unspecified atom stereocenters. The number of rotatable bonds is 6. The second kappa shape index (κ2) is 8.96. The summed E-state index contributed by atoms with van der Waals surface area (Å²) in [7, 11) is 0. The van der Waals surface area contributed by atoms with Crippen LogP contribution in [0.15, 0.2) is 10.4 Å². The van der Waals surface area contributed by atoms with Crippen molar-refractivity contribution in [1.82, 2.24) is 15.2 Å². The van der Waals surface area contributed by atoms with Crippen molar-refractivity contribution >= 4 is 45.3 Å². The zero-order valence-electron chi connectivity index (χ0n) is 15.1. The predicted molar refractivity (Wildman–Crippen MR) is 104 cm³/mol. The Morgan fingerprint density at radius 3 is 2.96 bits per heavy atom. The summed E-state index contributed by atoms with van der Waals surface area (Å²) in [5.41, 5.74) is 0.640. The maximum atomic E-state index is 12.2. The molecule has 9 heteroatoms. The minimum Gasteiger partial charge on any atom is -0.466 e. The van der Waals surface area contributed by atoms with Crippen LogP contribution in [0.4, 0.5) is 5.13 Å². The number of amides is 1. The first-order chi connectivity index (χ1) is 12.5. The second-order valence-electron chi connectivity index (χ2n) is 6.60. The Labute approximate surface area is 161 Å². The van der Waals surface area contributed by atoms with Gasteiger partial charge in [-0.3, -0.25) is 9.59 Å². The topological polar surface area (TPSA) is 83.9 Å². The Bertz CT molecular complexity index is 683. The quantitative estimate of drug-likeness (QED) is 0.742. The molecule has 0 saturated carbocycles. The van der Waals surface area contributed by atoms with Crippen LogP contribution in [0.1, 0.15) is 32.4 Å². The average Bonchev–Trinajstić information content (AvgIpc) is 3.17. The zero-order chi connectivity index (χ0) is 18.5. The van der Waals surface area contributed by atoms with Gasteiger partial charge in [-0.05, 0) is 38.8 Å². The number of aromatic nitrogens is 1. The molecule has 26 heavy (non-hydrogen) atoms. The first kappa shape index (κ1) is 19.3. The molecular weight excluding hydrogens is 372 g/mol. The number of hydrogen-bond acceptors (Lipinski definition) is 8. The fourth-order valence-corrected chi connectivity index (χ4v) is 4.70. The number of piperidine rings is 1. The van der Waals surface area contributed by atoms with Gasteiger partial charge < -0.3 is 15.0 Å². The van der Waals surface area contributed by atoms with Crippen LogP contribution in [-0.2, 0) is 20.7 Å². The molecule has 1 amide bonds. The lowest BCUT2D eigenvalue weighted by atomic mass is 9.99. The highest BCUT2D eigenvalue weighted by Crippen LogP contribution is 2.27. The number of aliphatic imine (C=N–C) groups is 1. The van der Waals surface area contributed by atoms with Crippen LogP contribution in [-0.4, -0.2) is 58.4 Å². The monoisotopic (exact) mass is 396 g/mol. The van der Waals surface area contributed by atoms with E-state index in [1.807, 2.05) is 0 Å². The summed E-state index contributed by atoms with van der Waals surface area (Å²) in [4.78, 5) is 34.8. The zero-order valence-corrected chi connectivity index (χ0v) is 16.7. The summed E-state index contributed by atoms with van der Waals surface area (Å²) < 4.78 is 4.92. The van der Waals surface area contributed by atoms with Crippen LogP contribution >= 0.6 is 23.1 Å². The Morgan fingerprint density at radius 2 is 2.23 bits per heavy atom. The molecule has 0 bridgehead atoms. The van der Waals surface area contributed by atoms with Crippen molar-refractivity contribution in [3.8, 4) is 0 Å². The van der Waals surface area contributed by atoms with E-state index in [1.165, 1.54) is 35.9 Å². The number of likely N-dealkylation sites (tertiary alicyclic amines) is 1. The normalized spacial score (nSPS) is 23.4. The Balaban J connectivity index is 1.54. The lowest BCUT2D eigenvalue weighted by Gasteiger charge is -2.31. The molecule has 7 nitrogen and oxygen atoms in total. The van der Waals surface area contributed by atoms with Gasteiger partial charge >= 0.3 is 5.97 Å². The third-order valence-electron chi connectivity index (χ3n) is 4.44. The van der Waals surface area contributed by atoms with Crippen LogP contribution < -0.4 is 5.32 Å². The van der Waals surface area contributed by atoms with Crippen molar-refractivity contribution in [1.29, 1.82) is 0 Å². The number of nitrogens with zero attached hydrogens (tertiary/aromatic N) is 3. The number of carbonyl (C=O) groups excluding carboxylic acids is 2. The number of thiazole rings is 1. The fraction of sp³-hybridized carbons (Fsp3) is 0.647. The van der Waals surface area contributed by atoms with E-state index in [-0.39, 0.29) is 23.5 Å². The summed E-state index contributed by atoms with van der Waals surface area (Å²) in [6.07, 6.45) is 2.54. The summed E-state index contributed by atoms with van der Waals surface area (Å²) in [5, 5.41) is 5.64. The number of hydrogen-bond donors (Lipinski definition) is 1. The van der Waals surface area contributed by atoms with Crippen molar-refractivity contribution in [2.75, 3.05) is 26.2 Å². The van der Waals surface area contributed by atoms with Gasteiger partial charge in [-0.2, -0.15) is 4.99 Å². The molecular formula is C17H24N4O3S2. The fourth-order valence-electron chi connectivity index (χ4n) is 2.93. The van der Waals surface area contributed by atoms with Crippen LogP contribution in [0.5, 0.6) is 0 Å². The highest BCUT2D eigenvalue weighted by molar-refractivity contribution is 8.15. The molecule has 2 aliphatic heterocycles. The molecule has 0 spiro atoms. The first-order valence-electron chi connectivity index (χ1n) is 8.92. The van der Waals surface area contributed by atoms with Gasteiger partial charge in [0, 0.05) is 11.9 Å². The van der Waals surface area contributed by atoms with E-state index in [9.17, 15) is 9.59 Å². The van der Waals surface area contributed by atoms with E-state index in [1.54, 1.807) is 12.3 Å². The van der Waals surface area contributed by atoms with Crippen LogP contribution in [0.3, 0.4) is 0 Å². The standard InChI is InChI=1S/C17H24N4O3S2/c1-3-24-14(22)8-12-10-25-16(18-12)20-17-19-15(23)13(26-17)9-21-6-4-11(2)5-7-21/h10-11,13H,3-9H2,1-2H3,(H,18,19,20,23). The van der Waals surface area contributed by atoms with Crippen molar-refractivity contribution in [3.63, 3.8) is 0 Å². The van der Waals surface area contributed by atoms with E-state index in [0.29, 0.717) is 22.6 Å². The van der Waals surface area contributed by atoms with Crippen molar-refractivity contribution in [3.05, 3.63) is 11.1 Å². The van der Waals surface area contributed by atoms with E-state index < -0.39 is 0 Å². The number of carbonyl (C=O) groups is 2. The van der Waals surface area contributed by atoms with Crippen molar-refractivity contribution in [2.24, 2.45) is 10.9 Å². The number of ether oxygens (including phenoxy) is 1. The smallest absolute Gasteiger partial charge is 0.311 e. The first-order valence-corrected chi connectivity index (χ1v) is 10.7. The summed E-state index contributed by atoms with van der Waals surface area (Å²) in [5.74, 6) is 0.495. The second-order valence-corrected chi connectivity index (χ2v) is 8.63. The van der Waals surface area contributed by atoms with Gasteiger partial charge in [0.1, 0.15) is 5.25 Å². The molecule has 2 aliphatic rings. The SMILES string of the molecule is CCOC(=O)Cc1csc(/N=C2\NC(=O)C(CN3CCC(C)CC3)S2)n1. The molecule has 3 heterocycles. The average molecular weight is 397 g/mol. The highest BCUT2D eigenvalue weighted by atomic mass is 32.2. The Morgan fingerprint density at radius 1 is 1.46 bits per heavy atom. The molecule has 2 fully saturated rings. The van der Waals surface area contributed by atoms with Gasteiger partial charge in [-0.25, -0.2) is 4.98 Å². The molecule has 0 aromatic carbocycles. The van der Waals surface area contributed by atoms with Gasteiger partial charge in [0.2, 0.25) is 11.0 Å². The van der Waals surface area contributed by atoms with E-state index in [4.69, 9.17) is 4.74 Å². The summed E-state index contributed by atoms with van der Waals surface area (Å²) in [6.45, 7) is 7.29. The number of esters is 1. The largest absolute Gasteiger partial charge is 0.466 e. The molecule has 3 rings (SSSR count). The van der Waals surface area contributed by atoms with Gasteiger partial charge in [-0.15, -0.1) is 11.3 Å². The predicted octanol–water partition coefficient (Wildman–Crippen LogP) is 2.20.